The first-order chi connectivity index (χ1) is 15.0. The number of hydrogen-bond acceptors (Lipinski definition) is 4. The van der Waals surface area contributed by atoms with Gasteiger partial charge in [-0.2, -0.15) is 0 Å². The predicted octanol–water partition coefficient (Wildman–Crippen LogP) is 5.90. The van der Waals surface area contributed by atoms with E-state index in [2.05, 4.69) is 43.8 Å². The molecule has 2 aromatic rings. The first-order valence-corrected chi connectivity index (χ1v) is 11.3. The first kappa shape index (κ1) is 24.7. The molecular formula is C27H36O4. The smallest absolute Gasteiger partial charge is 0.333 e. The highest BCUT2D eigenvalue weighted by Crippen LogP contribution is 2.28. The summed E-state index contributed by atoms with van der Waals surface area (Å²) in [4.78, 5) is 11.7. The lowest BCUT2D eigenvalue weighted by Gasteiger charge is -2.14. The van der Waals surface area contributed by atoms with Crippen molar-refractivity contribution in [1.29, 1.82) is 0 Å². The number of rotatable bonds is 14. The largest absolute Gasteiger partial charge is 0.491 e. The number of aliphatic hydroxyl groups is 1. The number of unbranched alkanes of at least 4 members (excludes halogenated alkanes) is 4. The van der Waals surface area contributed by atoms with E-state index in [0.717, 1.165) is 23.1 Å². The van der Waals surface area contributed by atoms with Gasteiger partial charge in [0.2, 0.25) is 0 Å². The average Bonchev–Trinajstić information content (AvgIpc) is 2.78. The molecule has 0 unspecified atom stereocenters. The van der Waals surface area contributed by atoms with Gasteiger partial charge in [-0.15, -0.1) is 0 Å². The lowest BCUT2D eigenvalue weighted by Crippen LogP contribution is -2.10. The number of aryl methyl sites for hydroxylation is 1. The fourth-order valence-electron chi connectivity index (χ4n) is 3.42. The van der Waals surface area contributed by atoms with Gasteiger partial charge in [-0.25, -0.2) is 4.79 Å². The van der Waals surface area contributed by atoms with Crippen LogP contribution in [-0.2, 0) is 22.4 Å². The molecule has 0 aromatic heterocycles. The Hall–Kier alpha value is -2.59. The van der Waals surface area contributed by atoms with E-state index in [1.165, 1.54) is 37.7 Å². The van der Waals surface area contributed by atoms with Crippen molar-refractivity contribution in [3.8, 4) is 16.9 Å². The Morgan fingerprint density at radius 3 is 2.32 bits per heavy atom. The summed E-state index contributed by atoms with van der Waals surface area (Å²) >= 11 is 0. The van der Waals surface area contributed by atoms with E-state index >= 15 is 0 Å². The van der Waals surface area contributed by atoms with Crippen molar-refractivity contribution >= 4 is 5.97 Å². The lowest BCUT2D eigenvalue weighted by atomic mass is 9.98. The van der Waals surface area contributed by atoms with Crippen LogP contribution in [0.2, 0.25) is 0 Å². The molecule has 0 fully saturated rings. The van der Waals surface area contributed by atoms with E-state index in [9.17, 15) is 4.79 Å². The first-order valence-electron chi connectivity index (χ1n) is 11.3. The van der Waals surface area contributed by atoms with Gasteiger partial charge in [-0.05, 0) is 54.2 Å². The van der Waals surface area contributed by atoms with Crippen LogP contribution in [0.15, 0.2) is 54.6 Å². The van der Waals surface area contributed by atoms with E-state index in [1.54, 1.807) is 6.92 Å². The molecule has 2 rings (SSSR count). The Morgan fingerprint density at radius 1 is 0.935 bits per heavy atom. The van der Waals surface area contributed by atoms with Crippen LogP contribution in [-0.4, -0.2) is 30.9 Å². The molecule has 0 radical (unpaired) electrons. The Labute approximate surface area is 186 Å². The minimum absolute atomic E-state index is 0.0499. The fraction of sp³-hybridized carbons (Fsp3) is 0.444. The van der Waals surface area contributed by atoms with Crippen molar-refractivity contribution in [3.05, 3.63) is 65.7 Å². The van der Waals surface area contributed by atoms with Gasteiger partial charge in [0.25, 0.3) is 0 Å². The number of benzene rings is 2. The molecule has 168 valence electrons. The number of carbonyl (C=O) groups excluding carboxylic acids is 1. The van der Waals surface area contributed by atoms with Crippen molar-refractivity contribution in [2.45, 2.75) is 58.8 Å². The lowest BCUT2D eigenvalue weighted by molar-refractivity contribution is -0.138. The minimum atomic E-state index is -0.390. The number of esters is 1. The zero-order valence-corrected chi connectivity index (χ0v) is 19.0. The number of ether oxygens (including phenoxy) is 2. The van der Waals surface area contributed by atoms with Crippen molar-refractivity contribution in [2.24, 2.45) is 0 Å². The number of carbonyl (C=O) groups is 1. The molecule has 1 N–H and O–H groups in total. The van der Waals surface area contributed by atoms with Crippen molar-refractivity contribution in [1.82, 2.24) is 0 Å². The van der Waals surface area contributed by atoms with Gasteiger partial charge >= 0.3 is 5.97 Å². The molecule has 4 heteroatoms. The summed E-state index contributed by atoms with van der Waals surface area (Å²) in [6.45, 7) is 7.91. The summed E-state index contributed by atoms with van der Waals surface area (Å²) in [7, 11) is 0. The summed E-state index contributed by atoms with van der Waals surface area (Å²) in [5.41, 5.74) is 4.93. The molecule has 2 aromatic carbocycles. The van der Waals surface area contributed by atoms with Crippen molar-refractivity contribution in [3.63, 3.8) is 0 Å². The van der Waals surface area contributed by atoms with Gasteiger partial charge in [0.05, 0.1) is 13.2 Å². The molecule has 0 aliphatic heterocycles. The summed E-state index contributed by atoms with van der Waals surface area (Å²) in [6, 6.07) is 14.8. The monoisotopic (exact) mass is 424 g/mol. The van der Waals surface area contributed by atoms with E-state index < -0.39 is 0 Å². The van der Waals surface area contributed by atoms with Crippen LogP contribution in [0, 0.1) is 0 Å². The van der Waals surface area contributed by atoms with E-state index in [4.69, 9.17) is 14.6 Å². The zero-order chi connectivity index (χ0) is 22.5. The molecule has 31 heavy (non-hydrogen) atoms. The zero-order valence-electron chi connectivity index (χ0n) is 19.0. The molecule has 0 bridgehead atoms. The molecule has 0 saturated carbocycles. The normalized spacial score (nSPS) is 10.7. The maximum Gasteiger partial charge on any atom is 0.333 e. The van der Waals surface area contributed by atoms with Gasteiger partial charge < -0.3 is 14.6 Å². The van der Waals surface area contributed by atoms with Gasteiger partial charge in [-0.1, -0.05) is 69.5 Å². The van der Waals surface area contributed by atoms with Crippen LogP contribution >= 0.6 is 0 Å². The highest BCUT2D eigenvalue weighted by Gasteiger charge is 2.10. The van der Waals surface area contributed by atoms with Crippen LogP contribution in [0.1, 0.15) is 57.1 Å². The summed E-state index contributed by atoms with van der Waals surface area (Å²) in [6.07, 6.45) is 8.11. The fourth-order valence-corrected chi connectivity index (χ4v) is 3.42. The highest BCUT2D eigenvalue weighted by atomic mass is 16.5. The molecule has 0 atom stereocenters. The van der Waals surface area contributed by atoms with E-state index in [1.807, 2.05) is 12.1 Å². The molecule has 0 saturated heterocycles. The second kappa shape index (κ2) is 13.7. The Morgan fingerprint density at radius 2 is 1.65 bits per heavy atom. The molecule has 0 aliphatic rings. The Kier molecular flexibility index (Phi) is 10.9. The third-order valence-corrected chi connectivity index (χ3v) is 5.22. The van der Waals surface area contributed by atoms with E-state index in [-0.39, 0.29) is 25.8 Å². The quantitative estimate of drug-likeness (QED) is 0.233. The maximum atomic E-state index is 11.7. The minimum Gasteiger partial charge on any atom is -0.491 e. The van der Waals surface area contributed by atoms with Gasteiger partial charge in [0.1, 0.15) is 12.4 Å². The van der Waals surface area contributed by atoms with Crippen molar-refractivity contribution in [2.75, 3.05) is 19.8 Å². The average molecular weight is 425 g/mol. The summed E-state index contributed by atoms with van der Waals surface area (Å²) in [5.74, 6) is 0.312. The molecule has 4 nitrogen and oxygen atoms in total. The van der Waals surface area contributed by atoms with E-state index in [0.29, 0.717) is 17.7 Å². The third kappa shape index (κ3) is 8.58. The van der Waals surface area contributed by atoms with Crippen molar-refractivity contribution < 1.29 is 19.4 Å². The molecule has 0 amide bonds. The second-order valence-corrected chi connectivity index (χ2v) is 7.92. The van der Waals surface area contributed by atoms with Gasteiger partial charge in [0, 0.05) is 12.0 Å². The van der Waals surface area contributed by atoms with Gasteiger partial charge in [-0.3, -0.25) is 0 Å². The van der Waals surface area contributed by atoms with Gasteiger partial charge in [0.15, 0.2) is 0 Å². The Bertz CT molecular complexity index is 824. The molecular weight excluding hydrogens is 388 g/mol. The van der Waals surface area contributed by atoms with Crippen LogP contribution in [0.5, 0.6) is 5.75 Å². The third-order valence-electron chi connectivity index (χ3n) is 5.22. The van der Waals surface area contributed by atoms with Crippen LogP contribution in [0.3, 0.4) is 0 Å². The standard InChI is InChI=1S/C27H36O4/c1-4-5-6-7-8-9-22-10-12-23(13-11-22)24-14-15-26(30-19-17-28)25(20-24)16-18-31-27(29)21(2)3/h10-15,20,28H,2,4-9,16-19H2,1,3H3. The van der Waals surface area contributed by atoms with Crippen LogP contribution in [0.25, 0.3) is 11.1 Å². The topological polar surface area (TPSA) is 55.8 Å². The van der Waals surface area contributed by atoms with Crippen LogP contribution in [0.4, 0.5) is 0 Å². The van der Waals surface area contributed by atoms with Crippen LogP contribution < -0.4 is 4.74 Å². The molecule has 0 spiro atoms. The SMILES string of the molecule is C=C(C)C(=O)OCCc1cc(-c2ccc(CCCCCCC)cc2)ccc1OCCO. The Balaban J connectivity index is 2.05. The molecule has 0 heterocycles. The summed E-state index contributed by atoms with van der Waals surface area (Å²) < 4.78 is 10.9. The molecule has 0 aliphatic carbocycles. The second-order valence-electron chi connectivity index (χ2n) is 7.92. The summed E-state index contributed by atoms with van der Waals surface area (Å²) in [5, 5.41) is 9.09. The number of aliphatic hydroxyl groups excluding tert-OH is 1. The maximum absolute atomic E-state index is 11.7. The highest BCUT2D eigenvalue weighted by molar-refractivity contribution is 5.86. The number of hydrogen-bond donors (Lipinski definition) is 1. The predicted molar refractivity (Wildman–Crippen MR) is 126 cm³/mol.